The summed E-state index contributed by atoms with van der Waals surface area (Å²) < 4.78 is 27.4. The van der Waals surface area contributed by atoms with Gasteiger partial charge in [0.1, 0.15) is 0 Å². The Bertz CT molecular complexity index is 557. The number of nitrogens with one attached hydrogen (secondary N) is 1. The van der Waals surface area contributed by atoms with Crippen molar-refractivity contribution in [2.45, 2.75) is 44.9 Å². The summed E-state index contributed by atoms with van der Waals surface area (Å²) >= 11 is 0. The number of sulfonamides is 1. The van der Waals surface area contributed by atoms with Gasteiger partial charge in [-0.05, 0) is 36.3 Å². The largest absolute Gasteiger partial charge is 0.398 e. The molecule has 3 atom stereocenters. The molecule has 4 nitrogen and oxygen atoms in total. The summed E-state index contributed by atoms with van der Waals surface area (Å²) in [4.78, 5) is 0. The predicted octanol–water partition coefficient (Wildman–Crippen LogP) is 2.51. The van der Waals surface area contributed by atoms with Crippen molar-refractivity contribution in [2.24, 2.45) is 11.8 Å². The van der Waals surface area contributed by atoms with E-state index in [2.05, 4.69) is 18.6 Å². The van der Waals surface area contributed by atoms with Crippen molar-refractivity contribution in [1.29, 1.82) is 0 Å². The number of nitrogen functional groups attached to an aromatic ring is 1. The van der Waals surface area contributed by atoms with E-state index in [-0.39, 0.29) is 11.8 Å². The molecule has 1 fully saturated rings. The maximum absolute atomic E-state index is 12.3. The molecule has 20 heavy (non-hydrogen) atoms. The molecular formula is C15H24N2O2S. The fourth-order valence-electron chi connectivity index (χ4n) is 3.13. The highest BCUT2D eigenvalue weighted by atomic mass is 32.2. The highest BCUT2D eigenvalue weighted by Crippen LogP contribution is 2.34. The van der Waals surface area contributed by atoms with E-state index in [9.17, 15) is 8.42 Å². The van der Waals surface area contributed by atoms with E-state index < -0.39 is 10.0 Å². The molecule has 0 radical (unpaired) electrons. The Morgan fingerprint density at radius 2 is 2.00 bits per heavy atom. The monoisotopic (exact) mass is 296 g/mol. The van der Waals surface area contributed by atoms with Crippen LogP contribution in [-0.4, -0.2) is 14.5 Å². The third-order valence-electron chi connectivity index (χ3n) is 4.48. The molecule has 3 unspecified atom stereocenters. The molecule has 0 spiro atoms. The van der Waals surface area contributed by atoms with Gasteiger partial charge in [0.05, 0.1) is 5.75 Å². The topological polar surface area (TPSA) is 72.2 Å². The molecule has 0 aliphatic heterocycles. The number of rotatable bonds is 5. The first kappa shape index (κ1) is 15.3. The second kappa shape index (κ2) is 6.14. The lowest BCUT2D eigenvalue weighted by Gasteiger charge is -2.21. The van der Waals surface area contributed by atoms with Gasteiger partial charge in [-0.1, -0.05) is 38.5 Å². The molecular weight excluding hydrogens is 272 g/mol. The minimum Gasteiger partial charge on any atom is -0.398 e. The first-order chi connectivity index (χ1) is 9.43. The Balaban J connectivity index is 2.04. The van der Waals surface area contributed by atoms with Gasteiger partial charge < -0.3 is 5.73 Å². The summed E-state index contributed by atoms with van der Waals surface area (Å²) in [5.74, 6) is 0.993. The number of hydrogen-bond acceptors (Lipinski definition) is 3. The minimum atomic E-state index is -3.34. The Morgan fingerprint density at radius 3 is 2.60 bits per heavy atom. The summed E-state index contributed by atoms with van der Waals surface area (Å²) in [7, 11) is -3.34. The molecule has 0 heterocycles. The molecule has 1 aromatic carbocycles. The van der Waals surface area contributed by atoms with Crippen molar-refractivity contribution in [3.63, 3.8) is 0 Å². The van der Waals surface area contributed by atoms with Crippen LogP contribution in [0.3, 0.4) is 0 Å². The second-order valence-electron chi connectivity index (χ2n) is 5.79. The molecule has 1 saturated carbocycles. The maximum Gasteiger partial charge on any atom is 0.216 e. The molecule has 0 amide bonds. The highest BCUT2D eigenvalue weighted by Gasteiger charge is 2.34. The molecule has 5 heteroatoms. The lowest BCUT2D eigenvalue weighted by atomic mass is 9.94. The van der Waals surface area contributed by atoms with Crippen molar-refractivity contribution in [3.05, 3.63) is 29.8 Å². The third kappa shape index (κ3) is 3.52. The number of benzene rings is 1. The van der Waals surface area contributed by atoms with Crippen molar-refractivity contribution in [3.8, 4) is 0 Å². The minimum absolute atomic E-state index is 0.0420. The van der Waals surface area contributed by atoms with Gasteiger partial charge in [0.15, 0.2) is 0 Å². The zero-order chi connectivity index (χ0) is 14.8. The third-order valence-corrected chi connectivity index (χ3v) is 5.84. The standard InChI is InChI=1S/C15H24N2O2S/c1-3-12-8-9-15(11(12)2)17-20(18,19)10-13-6-4-5-7-14(13)16/h4-7,11-12,15,17H,3,8-10,16H2,1-2H3. The van der Waals surface area contributed by atoms with E-state index in [0.717, 1.165) is 19.3 Å². The Labute approximate surface area is 121 Å². The predicted molar refractivity (Wildman–Crippen MR) is 82.6 cm³/mol. The fraction of sp³-hybridized carbons (Fsp3) is 0.600. The van der Waals surface area contributed by atoms with E-state index in [1.165, 1.54) is 0 Å². The van der Waals surface area contributed by atoms with Crippen LogP contribution in [0.4, 0.5) is 5.69 Å². The van der Waals surface area contributed by atoms with E-state index in [1.54, 1.807) is 12.1 Å². The lowest BCUT2D eigenvalue weighted by Crippen LogP contribution is -2.38. The lowest BCUT2D eigenvalue weighted by molar-refractivity contribution is 0.368. The number of anilines is 1. The molecule has 112 valence electrons. The summed E-state index contributed by atoms with van der Waals surface area (Å²) in [6.07, 6.45) is 3.16. The average molecular weight is 296 g/mol. The molecule has 1 aromatic rings. The van der Waals surface area contributed by atoms with Crippen molar-refractivity contribution in [1.82, 2.24) is 4.72 Å². The van der Waals surface area contributed by atoms with E-state index >= 15 is 0 Å². The van der Waals surface area contributed by atoms with Gasteiger partial charge in [-0.25, -0.2) is 13.1 Å². The molecule has 0 saturated heterocycles. The van der Waals surface area contributed by atoms with E-state index in [0.29, 0.717) is 23.1 Å². The van der Waals surface area contributed by atoms with Crippen LogP contribution in [0.2, 0.25) is 0 Å². The van der Waals surface area contributed by atoms with Crippen LogP contribution in [0.1, 0.15) is 38.7 Å². The van der Waals surface area contributed by atoms with Crippen LogP contribution in [0.15, 0.2) is 24.3 Å². The molecule has 0 bridgehead atoms. The Hall–Kier alpha value is -1.07. The molecule has 1 aliphatic rings. The van der Waals surface area contributed by atoms with Gasteiger partial charge in [-0.15, -0.1) is 0 Å². The smallest absolute Gasteiger partial charge is 0.216 e. The van der Waals surface area contributed by atoms with Gasteiger partial charge in [0.25, 0.3) is 0 Å². The van der Waals surface area contributed by atoms with E-state index in [4.69, 9.17) is 5.73 Å². The number of para-hydroxylation sites is 1. The highest BCUT2D eigenvalue weighted by molar-refractivity contribution is 7.88. The van der Waals surface area contributed by atoms with Crippen LogP contribution >= 0.6 is 0 Å². The van der Waals surface area contributed by atoms with Crippen LogP contribution in [0.5, 0.6) is 0 Å². The summed E-state index contributed by atoms with van der Waals surface area (Å²) in [5, 5.41) is 0. The van der Waals surface area contributed by atoms with Crippen molar-refractivity contribution in [2.75, 3.05) is 5.73 Å². The first-order valence-electron chi connectivity index (χ1n) is 7.26. The molecule has 0 aromatic heterocycles. The fourth-order valence-corrected chi connectivity index (χ4v) is 4.68. The van der Waals surface area contributed by atoms with Crippen molar-refractivity contribution >= 4 is 15.7 Å². The van der Waals surface area contributed by atoms with Crippen LogP contribution in [-0.2, 0) is 15.8 Å². The normalized spacial score (nSPS) is 26.8. The molecule has 3 N–H and O–H groups in total. The SMILES string of the molecule is CCC1CCC(NS(=O)(=O)Cc2ccccc2N)C1C. The van der Waals surface area contributed by atoms with Crippen LogP contribution in [0, 0.1) is 11.8 Å². The summed E-state index contributed by atoms with van der Waals surface area (Å²) in [6.45, 7) is 4.31. The molecule has 1 aliphatic carbocycles. The zero-order valence-corrected chi connectivity index (χ0v) is 13.0. The van der Waals surface area contributed by atoms with Crippen molar-refractivity contribution < 1.29 is 8.42 Å². The van der Waals surface area contributed by atoms with Gasteiger partial charge in [-0.3, -0.25) is 0 Å². The Morgan fingerprint density at radius 1 is 1.30 bits per heavy atom. The number of hydrogen-bond donors (Lipinski definition) is 2. The zero-order valence-electron chi connectivity index (χ0n) is 12.2. The summed E-state index contributed by atoms with van der Waals surface area (Å²) in [6, 6.07) is 7.18. The molecule has 2 rings (SSSR count). The van der Waals surface area contributed by atoms with Gasteiger partial charge in [0, 0.05) is 11.7 Å². The van der Waals surface area contributed by atoms with Crippen LogP contribution < -0.4 is 10.5 Å². The number of nitrogens with two attached hydrogens (primary N) is 1. The van der Waals surface area contributed by atoms with Crippen LogP contribution in [0.25, 0.3) is 0 Å². The second-order valence-corrected chi connectivity index (χ2v) is 7.54. The maximum atomic E-state index is 12.3. The Kier molecular flexibility index (Phi) is 4.70. The van der Waals surface area contributed by atoms with E-state index in [1.807, 2.05) is 12.1 Å². The summed E-state index contributed by atoms with van der Waals surface area (Å²) in [5.41, 5.74) is 7.01. The van der Waals surface area contributed by atoms with Gasteiger partial charge in [0.2, 0.25) is 10.0 Å². The average Bonchev–Trinajstić information content (AvgIpc) is 2.72. The van der Waals surface area contributed by atoms with Gasteiger partial charge in [-0.2, -0.15) is 0 Å². The first-order valence-corrected chi connectivity index (χ1v) is 8.91. The van der Waals surface area contributed by atoms with Gasteiger partial charge >= 0.3 is 0 Å². The quantitative estimate of drug-likeness (QED) is 0.820.